The normalized spacial score (nSPS) is 11.5. The maximum Gasteiger partial charge on any atom is 0.244 e. The first-order valence-corrected chi connectivity index (χ1v) is 8.11. The molecule has 0 fully saturated rings. The summed E-state index contributed by atoms with van der Waals surface area (Å²) in [6.45, 7) is 2.63. The maximum absolute atomic E-state index is 12.0. The average molecular weight is 353 g/mol. The number of hydrogen-bond donors (Lipinski definition) is 2. The van der Waals surface area contributed by atoms with Gasteiger partial charge in [-0.25, -0.2) is 0 Å². The van der Waals surface area contributed by atoms with Gasteiger partial charge in [-0.3, -0.25) is 4.79 Å². The average Bonchev–Trinajstić information content (AvgIpc) is 3.32. The zero-order chi connectivity index (χ0) is 18.5. The number of tetrazole rings is 1. The number of ether oxygens (including phenoxy) is 1. The summed E-state index contributed by atoms with van der Waals surface area (Å²) in [4.78, 5) is 12.0. The van der Waals surface area contributed by atoms with E-state index in [0.29, 0.717) is 12.1 Å². The molecule has 0 aliphatic rings. The molecule has 3 rings (SSSR count). The van der Waals surface area contributed by atoms with Gasteiger partial charge >= 0.3 is 0 Å². The van der Waals surface area contributed by atoms with Crippen LogP contribution in [0.5, 0.6) is 5.75 Å². The second kappa shape index (κ2) is 7.64. The lowest BCUT2D eigenvalue weighted by Gasteiger charge is -2.04. The smallest absolute Gasteiger partial charge is 0.244 e. The van der Waals surface area contributed by atoms with Crippen molar-refractivity contribution in [1.82, 2.24) is 25.2 Å². The second-order valence-corrected chi connectivity index (χ2v) is 5.70. The van der Waals surface area contributed by atoms with Crippen molar-refractivity contribution in [3.05, 3.63) is 65.2 Å². The lowest BCUT2D eigenvalue weighted by atomic mass is 10.1. The van der Waals surface area contributed by atoms with Crippen molar-refractivity contribution in [3.63, 3.8) is 0 Å². The lowest BCUT2D eigenvalue weighted by molar-refractivity contribution is 0.103. The SMILES string of the molecule is CCc1cn(Cc2ccc(OC)cc2)cc1C(O)=CC(=O)c1nn[nH]n1. The van der Waals surface area contributed by atoms with Crippen molar-refractivity contribution in [2.24, 2.45) is 0 Å². The second-order valence-electron chi connectivity index (χ2n) is 5.70. The van der Waals surface area contributed by atoms with Crippen LogP contribution in [0.1, 0.15) is 34.2 Å². The van der Waals surface area contributed by atoms with Gasteiger partial charge in [0.1, 0.15) is 11.5 Å². The first kappa shape index (κ1) is 17.4. The molecule has 0 atom stereocenters. The van der Waals surface area contributed by atoms with Gasteiger partial charge in [-0.1, -0.05) is 19.1 Å². The Hall–Kier alpha value is -3.42. The van der Waals surface area contributed by atoms with Crippen molar-refractivity contribution in [3.8, 4) is 5.75 Å². The molecule has 134 valence electrons. The highest BCUT2D eigenvalue weighted by Crippen LogP contribution is 2.21. The fourth-order valence-corrected chi connectivity index (χ4v) is 2.63. The number of ketones is 1. The number of carbonyl (C=O) groups excluding carboxylic acids is 1. The quantitative estimate of drug-likeness (QED) is 0.384. The summed E-state index contributed by atoms with van der Waals surface area (Å²) >= 11 is 0. The van der Waals surface area contributed by atoms with Crippen LogP contribution >= 0.6 is 0 Å². The Morgan fingerprint density at radius 1 is 1.31 bits per heavy atom. The third kappa shape index (κ3) is 3.80. The largest absolute Gasteiger partial charge is 0.507 e. The molecule has 2 heterocycles. The summed E-state index contributed by atoms with van der Waals surface area (Å²) in [5, 5.41) is 23.1. The van der Waals surface area contributed by atoms with Gasteiger partial charge < -0.3 is 14.4 Å². The number of hydrogen-bond acceptors (Lipinski definition) is 6. The third-order valence-electron chi connectivity index (χ3n) is 3.98. The molecule has 0 aliphatic heterocycles. The molecular formula is C18H19N5O3. The Morgan fingerprint density at radius 3 is 2.69 bits per heavy atom. The molecule has 0 radical (unpaired) electrons. The molecule has 8 nitrogen and oxygen atoms in total. The number of nitrogens with zero attached hydrogens (tertiary/aromatic N) is 4. The van der Waals surface area contributed by atoms with E-state index in [1.807, 2.05) is 48.1 Å². The van der Waals surface area contributed by atoms with E-state index >= 15 is 0 Å². The van der Waals surface area contributed by atoms with E-state index in [2.05, 4.69) is 20.6 Å². The van der Waals surface area contributed by atoms with Crippen LogP contribution in [0.15, 0.2) is 42.7 Å². The molecule has 0 saturated heterocycles. The van der Waals surface area contributed by atoms with Crippen LogP contribution in [0.3, 0.4) is 0 Å². The molecule has 0 spiro atoms. The summed E-state index contributed by atoms with van der Waals surface area (Å²) in [5.74, 6) is 0.0790. The van der Waals surface area contributed by atoms with Gasteiger partial charge in [0.25, 0.3) is 0 Å². The van der Waals surface area contributed by atoms with E-state index in [1.165, 1.54) is 0 Å². The predicted molar refractivity (Wildman–Crippen MR) is 95.0 cm³/mol. The zero-order valence-corrected chi connectivity index (χ0v) is 14.5. The van der Waals surface area contributed by atoms with Crippen molar-refractivity contribution < 1.29 is 14.6 Å². The monoisotopic (exact) mass is 353 g/mol. The van der Waals surface area contributed by atoms with Crippen LogP contribution in [0.2, 0.25) is 0 Å². The first-order chi connectivity index (χ1) is 12.6. The van der Waals surface area contributed by atoms with Crippen molar-refractivity contribution >= 4 is 11.5 Å². The minimum Gasteiger partial charge on any atom is -0.507 e. The number of rotatable bonds is 7. The Bertz CT molecular complexity index is 911. The Labute approximate surface area is 150 Å². The van der Waals surface area contributed by atoms with Gasteiger partial charge in [-0.2, -0.15) is 5.21 Å². The number of carbonyl (C=O) groups is 1. The van der Waals surface area contributed by atoms with Crippen molar-refractivity contribution in [1.29, 1.82) is 0 Å². The summed E-state index contributed by atoms with van der Waals surface area (Å²) in [7, 11) is 1.63. The molecule has 3 aromatic rings. The standard InChI is InChI=1S/C18H19N5O3/c1-3-13-10-23(9-12-4-6-14(26-2)7-5-12)11-15(13)16(24)8-17(25)18-19-21-22-20-18/h4-8,10-11,24H,3,9H2,1-2H3,(H,19,20,21,22). The van der Waals surface area contributed by atoms with E-state index in [-0.39, 0.29) is 11.6 Å². The van der Waals surface area contributed by atoms with E-state index in [4.69, 9.17) is 4.74 Å². The highest BCUT2D eigenvalue weighted by Gasteiger charge is 2.14. The number of benzene rings is 1. The fourth-order valence-electron chi connectivity index (χ4n) is 2.63. The maximum atomic E-state index is 12.0. The van der Waals surface area contributed by atoms with Gasteiger partial charge in [-0.05, 0) is 34.9 Å². The molecule has 2 N–H and O–H groups in total. The molecule has 1 aromatic carbocycles. The summed E-state index contributed by atoms with van der Waals surface area (Å²) in [6.07, 6.45) is 5.61. The van der Waals surface area contributed by atoms with Gasteiger partial charge in [0.05, 0.1) is 7.11 Å². The van der Waals surface area contributed by atoms with Crippen LogP contribution in [-0.2, 0) is 13.0 Å². The Kier molecular flexibility index (Phi) is 5.12. The topological polar surface area (TPSA) is 106 Å². The molecule has 8 heteroatoms. The van der Waals surface area contributed by atoms with Crippen LogP contribution in [0, 0.1) is 0 Å². The number of allylic oxidation sites excluding steroid dienone is 1. The third-order valence-corrected chi connectivity index (χ3v) is 3.98. The van der Waals surface area contributed by atoms with E-state index < -0.39 is 5.78 Å². The Balaban J connectivity index is 1.82. The molecule has 0 saturated carbocycles. The minimum absolute atomic E-state index is 0.0905. The van der Waals surface area contributed by atoms with Gasteiger partial charge in [-0.15, -0.1) is 10.2 Å². The number of aliphatic hydroxyl groups is 1. The Morgan fingerprint density at radius 2 is 2.08 bits per heavy atom. The van der Waals surface area contributed by atoms with Crippen LogP contribution in [0.4, 0.5) is 0 Å². The fraction of sp³-hybridized carbons (Fsp3) is 0.222. The highest BCUT2D eigenvalue weighted by molar-refractivity contribution is 6.05. The van der Waals surface area contributed by atoms with Gasteiger partial charge in [0, 0.05) is 30.6 Å². The van der Waals surface area contributed by atoms with E-state index in [1.54, 1.807) is 7.11 Å². The lowest BCUT2D eigenvalue weighted by Crippen LogP contribution is -2.00. The predicted octanol–water partition coefficient (Wildman–Crippen LogP) is 2.40. The number of H-pyrrole nitrogens is 1. The number of aromatic amines is 1. The summed E-state index contributed by atoms with van der Waals surface area (Å²) < 4.78 is 7.13. The summed E-state index contributed by atoms with van der Waals surface area (Å²) in [6, 6.07) is 7.78. The van der Waals surface area contributed by atoms with Gasteiger partial charge in [0.15, 0.2) is 0 Å². The first-order valence-electron chi connectivity index (χ1n) is 8.11. The van der Waals surface area contributed by atoms with Crippen molar-refractivity contribution in [2.75, 3.05) is 7.11 Å². The molecule has 0 bridgehead atoms. The highest BCUT2D eigenvalue weighted by atomic mass is 16.5. The number of aromatic nitrogens is 5. The van der Waals surface area contributed by atoms with Gasteiger partial charge in [0.2, 0.25) is 11.6 Å². The zero-order valence-electron chi connectivity index (χ0n) is 14.5. The molecule has 0 unspecified atom stereocenters. The number of nitrogens with one attached hydrogen (secondary N) is 1. The minimum atomic E-state index is -0.513. The molecule has 26 heavy (non-hydrogen) atoms. The molecule has 0 amide bonds. The van der Waals surface area contributed by atoms with E-state index in [0.717, 1.165) is 29.4 Å². The molecular weight excluding hydrogens is 334 g/mol. The number of methoxy groups -OCH3 is 1. The van der Waals surface area contributed by atoms with Crippen LogP contribution < -0.4 is 4.74 Å². The summed E-state index contributed by atoms with van der Waals surface area (Å²) in [5.41, 5.74) is 2.65. The number of aryl methyl sites for hydroxylation is 1. The number of aliphatic hydroxyl groups excluding tert-OH is 1. The molecule has 0 aliphatic carbocycles. The van der Waals surface area contributed by atoms with E-state index in [9.17, 15) is 9.90 Å². The van der Waals surface area contributed by atoms with Crippen LogP contribution in [-0.4, -0.2) is 43.2 Å². The van der Waals surface area contributed by atoms with Crippen molar-refractivity contribution in [2.45, 2.75) is 19.9 Å². The van der Waals surface area contributed by atoms with Crippen LogP contribution in [0.25, 0.3) is 5.76 Å². The molecule has 2 aromatic heterocycles.